The number of aliphatic hydroxyl groups is 1. The molecule has 1 nitrogen and oxygen atoms in total. The Bertz CT molecular complexity index is 233. The van der Waals surface area contributed by atoms with Crippen molar-refractivity contribution in [1.82, 2.24) is 0 Å². The van der Waals surface area contributed by atoms with Crippen molar-refractivity contribution in [3.8, 4) is 0 Å². The van der Waals surface area contributed by atoms with E-state index < -0.39 is 0 Å². The van der Waals surface area contributed by atoms with Gasteiger partial charge in [0.05, 0.1) is 6.61 Å². The van der Waals surface area contributed by atoms with Gasteiger partial charge >= 0.3 is 0 Å². The molecule has 1 rings (SSSR count). The normalized spacial score (nSPS) is 9.90. The average Bonchev–Trinajstić information content (AvgIpc) is 1.95. The maximum absolute atomic E-state index is 8.83. The highest BCUT2D eigenvalue weighted by atomic mass is 31.0. The van der Waals surface area contributed by atoms with Gasteiger partial charge in [0.1, 0.15) is 0 Å². The molecule has 0 saturated heterocycles. The lowest BCUT2D eigenvalue weighted by Gasteiger charge is -2.03. The zero-order valence-electron chi connectivity index (χ0n) is 5.96. The van der Waals surface area contributed by atoms with Crippen LogP contribution in [0, 0.1) is 6.92 Å². The molecule has 0 heterocycles. The van der Waals surface area contributed by atoms with Crippen molar-refractivity contribution in [3.63, 3.8) is 0 Å². The minimum absolute atomic E-state index is 0.133. The minimum Gasteiger partial charge on any atom is -0.392 e. The summed E-state index contributed by atoms with van der Waals surface area (Å²) >= 11 is 0. The molecule has 0 saturated carbocycles. The molecular formula is C8H11OP. The fourth-order valence-electron chi connectivity index (χ4n) is 0.875. The molecule has 1 atom stereocenters. The third-order valence-electron chi connectivity index (χ3n) is 1.66. The molecule has 0 amide bonds. The Labute approximate surface area is 63.3 Å². The minimum atomic E-state index is 0.133. The average molecular weight is 154 g/mol. The molecule has 54 valence electrons. The predicted octanol–water partition coefficient (Wildman–Crippen LogP) is 0.988. The van der Waals surface area contributed by atoms with E-state index in [0.717, 1.165) is 16.4 Å². The van der Waals surface area contributed by atoms with Crippen molar-refractivity contribution < 1.29 is 5.11 Å². The number of hydrogen-bond acceptors (Lipinski definition) is 1. The van der Waals surface area contributed by atoms with Gasteiger partial charge in [-0.3, -0.25) is 0 Å². The van der Waals surface area contributed by atoms with Crippen LogP contribution in [0.15, 0.2) is 18.2 Å². The highest BCUT2D eigenvalue weighted by molar-refractivity contribution is 7.27. The van der Waals surface area contributed by atoms with Gasteiger partial charge in [0, 0.05) is 0 Å². The van der Waals surface area contributed by atoms with Crippen molar-refractivity contribution >= 4 is 14.5 Å². The van der Waals surface area contributed by atoms with Crippen LogP contribution in [0.2, 0.25) is 0 Å². The zero-order chi connectivity index (χ0) is 7.56. The predicted molar refractivity (Wildman–Crippen MR) is 46.4 cm³/mol. The van der Waals surface area contributed by atoms with Crippen LogP contribution < -0.4 is 5.30 Å². The third-order valence-corrected chi connectivity index (χ3v) is 2.28. The topological polar surface area (TPSA) is 20.2 Å². The van der Waals surface area contributed by atoms with Gasteiger partial charge in [-0.25, -0.2) is 0 Å². The Morgan fingerprint density at radius 2 is 2.20 bits per heavy atom. The second kappa shape index (κ2) is 3.14. The fourth-order valence-corrected chi connectivity index (χ4v) is 1.17. The summed E-state index contributed by atoms with van der Waals surface area (Å²) in [6.45, 7) is 2.14. The number of benzene rings is 1. The van der Waals surface area contributed by atoms with Gasteiger partial charge in [-0.05, 0) is 23.4 Å². The van der Waals surface area contributed by atoms with Gasteiger partial charge in [-0.1, -0.05) is 18.2 Å². The summed E-state index contributed by atoms with van der Waals surface area (Å²) in [4.78, 5) is 0. The molecule has 0 bridgehead atoms. The van der Waals surface area contributed by atoms with Crippen LogP contribution in [0.25, 0.3) is 0 Å². The molecule has 0 radical (unpaired) electrons. The molecule has 0 aromatic heterocycles. The summed E-state index contributed by atoms with van der Waals surface area (Å²) in [5.74, 6) is 0. The molecule has 1 aromatic rings. The van der Waals surface area contributed by atoms with Gasteiger partial charge in [0.15, 0.2) is 0 Å². The van der Waals surface area contributed by atoms with Crippen LogP contribution in [-0.4, -0.2) is 5.11 Å². The van der Waals surface area contributed by atoms with Crippen LogP contribution in [0.3, 0.4) is 0 Å². The molecule has 0 aliphatic heterocycles. The smallest absolute Gasteiger partial charge is 0.0684 e. The van der Waals surface area contributed by atoms with Gasteiger partial charge < -0.3 is 5.11 Å². The van der Waals surface area contributed by atoms with Gasteiger partial charge in [0.2, 0.25) is 0 Å². The van der Waals surface area contributed by atoms with Gasteiger partial charge in [-0.2, -0.15) is 0 Å². The molecule has 1 unspecified atom stereocenters. The Balaban J connectivity index is 3.14. The Morgan fingerprint density at radius 1 is 1.50 bits per heavy atom. The van der Waals surface area contributed by atoms with Crippen LogP contribution in [-0.2, 0) is 6.61 Å². The molecule has 0 aliphatic carbocycles. The maximum atomic E-state index is 8.83. The van der Waals surface area contributed by atoms with E-state index in [0.29, 0.717) is 0 Å². The standard InChI is InChI=1S/C8H11OP/c1-6-7(5-9)3-2-4-8(6)10/h2-4,9H,5,10H2,1H3. The molecule has 1 aromatic carbocycles. The molecule has 0 spiro atoms. The first kappa shape index (κ1) is 7.71. The van der Waals surface area contributed by atoms with Crippen LogP contribution >= 0.6 is 9.24 Å². The number of aliphatic hydroxyl groups excluding tert-OH is 1. The largest absolute Gasteiger partial charge is 0.392 e. The third kappa shape index (κ3) is 1.36. The summed E-state index contributed by atoms with van der Waals surface area (Å²) < 4.78 is 0. The summed E-state index contributed by atoms with van der Waals surface area (Å²) in [5, 5.41) is 9.99. The molecule has 2 heteroatoms. The first-order chi connectivity index (χ1) is 4.75. The van der Waals surface area contributed by atoms with Crippen molar-refractivity contribution in [2.75, 3.05) is 0 Å². The summed E-state index contributed by atoms with van der Waals surface area (Å²) in [7, 11) is 2.64. The van der Waals surface area contributed by atoms with Crippen LogP contribution in [0.5, 0.6) is 0 Å². The quantitative estimate of drug-likeness (QED) is 0.598. The van der Waals surface area contributed by atoms with E-state index in [-0.39, 0.29) is 6.61 Å². The van der Waals surface area contributed by atoms with E-state index in [1.54, 1.807) is 0 Å². The number of hydrogen-bond donors (Lipinski definition) is 1. The highest BCUT2D eigenvalue weighted by Gasteiger charge is 1.96. The van der Waals surface area contributed by atoms with E-state index in [1.807, 2.05) is 25.1 Å². The highest BCUT2D eigenvalue weighted by Crippen LogP contribution is 2.06. The zero-order valence-corrected chi connectivity index (χ0v) is 7.12. The van der Waals surface area contributed by atoms with Crippen molar-refractivity contribution in [2.45, 2.75) is 13.5 Å². The van der Waals surface area contributed by atoms with Crippen molar-refractivity contribution in [1.29, 1.82) is 0 Å². The van der Waals surface area contributed by atoms with E-state index in [1.165, 1.54) is 0 Å². The van der Waals surface area contributed by atoms with Crippen molar-refractivity contribution in [2.24, 2.45) is 0 Å². The molecule has 10 heavy (non-hydrogen) atoms. The van der Waals surface area contributed by atoms with E-state index >= 15 is 0 Å². The first-order valence-electron chi connectivity index (χ1n) is 3.20. The Hall–Kier alpha value is -0.390. The van der Waals surface area contributed by atoms with Crippen LogP contribution in [0.1, 0.15) is 11.1 Å². The Morgan fingerprint density at radius 3 is 2.70 bits per heavy atom. The lowest BCUT2D eigenvalue weighted by Crippen LogP contribution is -2.00. The van der Waals surface area contributed by atoms with Crippen molar-refractivity contribution in [3.05, 3.63) is 29.3 Å². The van der Waals surface area contributed by atoms with Gasteiger partial charge in [0.25, 0.3) is 0 Å². The lowest BCUT2D eigenvalue weighted by molar-refractivity contribution is 0.281. The SMILES string of the molecule is Cc1c(P)cccc1CO. The monoisotopic (exact) mass is 154 g/mol. The second-order valence-corrected chi connectivity index (χ2v) is 2.91. The lowest BCUT2D eigenvalue weighted by atomic mass is 10.1. The fraction of sp³-hybridized carbons (Fsp3) is 0.250. The summed E-state index contributed by atoms with van der Waals surface area (Å²) in [6, 6.07) is 5.89. The number of rotatable bonds is 1. The van der Waals surface area contributed by atoms with E-state index in [2.05, 4.69) is 9.24 Å². The molecule has 0 aliphatic rings. The Kier molecular flexibility index (Phi) is 2.42. The van der Waals surface area contributed by atoms with Gasteiger partial charge in [-0.15, -0.1) is 9.24 Å². The molecule has 1 N–H and O–H groups in total. The maximum Gasteiger partial charge on any atom is 0.0684 e. The van der Waals surface area contributed by atoms with E-state index in [4.69, 9.17) is 5.11 Å². The summed E-state index contributed by atoms with van der Waals surface area (Å²) in [6.07, 6.45) is 0. The van der Waals surface area contributed by atoms with E-state index in [9.17, 15) is 0 Å². The first-order valence-corrected chi connectivity index (χ1v) is 3.78. The second-order valence-electron chi connectivity index (χ2n) is 2.29. The van der Waals surface area contributed by atoms with Crippen LogP contribution in [0.4, 0.5) is 0 Å². The summed E-state index contributed by atoms with van der Waals surface area (Å²) in [5.41, 5.74) is 2.17. The molecular weight excluding hydrogens is 143 g/mol. The molecule has 0 fully saturated rings.